The lowest BCUT2D eigenvalue weighted by Crippen LogP contribution is -2.44. The number of H-pyrrole nitrogens is 1. The molecule has 2 unspecified atom stereocenters. The molecular weight excluding hydrogens is 498 g/mol. The van der Waals surface area contributed by atoms with E-state index in [4.69, 9.17) is 19.4 Å². The summed E-state index contributed by atoms with van der Waals surface area (Å²) in [4.78, 5) is 63.6. The molecule has 0 spiro atoms. The smallest absolute Gasteiger partial charge is 0.385 e. The minimum atomic E-state index is -5.83. The van der Waals surface area contributed by atoms with E-state index >= 15 is 0 Å². The highest BCUT2D eigenvalue weighted by Gasteiger charge is 2.57. The monoisotopic (exact) mass is 513 g/mol. The number of hydrogen-bond donors (Lipinski definition) is 6. The van der Waals surface area contributed by atoms with Gasteiger partial charge in [0.25, 0.3) is 5.56 Å². The van der Waals surface area contributed by atoms with Crippen LogP contribution < -0.4 is 11.2 Å². The fraction of sp³-hybridized carbons (Fsp3) is 0.500. The van der Waals surface area contributed by atoms with Crippen LogP contribution in [0.3, 0.4) is 0 Å². The van der Waals surface area contributed by atoms with Gasteiger partial charge in [0.05, 0.1) is 0 Å². The average molecular weight is 513 g/mol. The van der Waals surface area contributed by atoms with Gasteiger partial charge in [0.15, 0.2) is 12.4 Å². The number of aliphatic hydroxyl groups excluding tert-OH is 1. The van der Waals surface area contributed by atoms with Crippen molar-refractivity contribution in [3.63, 3.8) is 0 Å². The number of aromatic nitrogens is 2. The van der Waals surface area contributed by atoms with Crippen LogP contribution in [0.1, 0.15) is 6.23 Å². The van der Waals surface area contributed by atoms with Crippen LogP contribution in [0.2, 0.25) is 0 Å². The molecule has 1 saturated heterocycles. The Kier molecular flexibility index (Phi) is 7.39. The SMILES string of the molecule is C=N[C@]1(COP(=O)(O)OP(=O)(O)OP(=O)(O)O)O[C@@H](n2ccc(=O)[nH]c2=O)[C@H](F)[C@@H]1O. The first-order valence-electron chi connectivity index (χ1n) is 7.58. The van der Waals surface area contributed by atoms with Gasteiger partial charge in [0, 0.05) is 12.3 Å². The summed E-state index contributed by atoms with van der Waals surface area (Å²) < 4.78 is 65.3. The van der Waals surface area contributed by atoms with Crippen molar-refractivity contribution < 1.29 is 60.6 Å². The Labute approximate surface area is 170 Å². The van der Waals surface area contributed by atoms with Crippen molar-refractivity contribution in [3.05, 3.63) is 33.1 Å². The summed E-state index contributed by atoms with van der Waals surface area (Å²) in [6.45, 7) is 1.65. The van der Waals surface area contributed by atoms with E-state index in [0.717, 1.165) is 12.3 Å². The molecule has 6 N–H and O–H groups in total. The molecule has 2 heterocycles. The van der Waals surface area contributed by atoms with E-state index in [9.17, 15) is 37.7 Å². The van der Waals surface area contributed by atoms with Gasteiger partial charge in [-0.05, 0) is 6.72 Å². The van der Waals surface area contributed by atoms with Gasteiger partial charge >= 0.3 is 29.2 Å². The van der Waals surface area contributed by atoms with Crippen LogP contribution in [0, 0.1) is 0 Å². The quantitative estimate of drug-likeness (QED) is 0.162. The van der Waals surface area contributed by atoms with Crippen molar-refractivity contribution >= 4 is 30.2 Å². The van der Waals surface area contributed by atoms with Crippen molar-refractivity contribution in [3.8, 4) is 0 Å². The van der Waals surface area contributed by atoms with Crippen LogP contribution in [0.4, 0.5) is 4.39 Å². The molecule has 0 amide bonds. The highest BCUT2D eigenvalue weighted by Crippen LogP contribution is 2.66. The maximum absolute atomic E-state index is 14.6. The zero-order valence-corrected chi connectivity index (χ0v) is 17.5. The van der Waals surface area contributed by atoms with E-state index in [2.05, 4.69) is 24.9 Å². The van der Waals surface area contributed by atoms with Crippen molar-refractivity contribution in [1.29, 1.82) is 0 Å². The van der Waals surface area contributed by atoms with Crippen LogP contribution in [0.15, 0.2) is 26.8 Å². The fourth-order valence-corrected chi connectivity index (χ4v) is 5.40. The first-order chi connectivity index (χ1) is 14.0. The summed E-state index contributed by atoms with van der Waals surface area (Å²) in [7, 11) is -17.1. The molecule has 0 radical (unpaired) electrons. The van der Waals surface area contributed by atoms with Crippen molar-refractivity contribution in [2.24, 2.45) is 4.99 Å². The summed E-state index contributed by atoms with van der Waals surface area (Å²) >= 11 is 0. The summed E-state index contributed by atoms with van der Waals surface area (Å²) in [5.74, 6) is 0. The number of aliphatic hydroxyl groups is 1. The summed E-state index contributed by atoms with van der Waals surface area (Å²) in [6, 6.07) is 0.831. The van der Waals surface area contributed by atoms with E-state index in [0.29, 0.717) is 4.57 Å². The Balaban J connectivity index is 2.22. The topological polar surface area (TPSA) is 256 Å². The number of rotatable bonds is 9. The lowest BCUT2D eigenvalue weighted by atomic mass is 10.1. The molecule has 6 atom stereocenters. The number of phosphoric acid groups is 3. The highest BCUT2D eigenvalue weighted by molar-refractivity contribution is 7.66. The van der Waals surface area contributed by atoms with E-state index in [1.807, 2.05) is 0 Å². The Morgan fingerprint density at radius 1 is 1.23 bits per heavy atom. The van der Waals surface area contributed by atoms with E-state index in [1.54, 1.807) is 4.98 Å². The number of aliphatic imine (C=N–C) groups is 1. The second-order valence-electron chi connectivity index (χ2n) is 5.78. The predicted octanol–water partition coefficient (Wildman–Crippen LogP) is -1.50. The van der Waals surface area contributed by atoms with Crippen LogP contribution in [0.25, 0.3) is 0 Å². The molecule has 0 aromatic carbocycles. The molecule has 1 aliphatic rings. The van der Waals surface area contributed by atoms with Gasteiger partial charge in [0.1, 0.15) is 12.7 Å². The van der Waals surface area contributed by atoms with Crippen molar-refractivity contribution in [1.82, 2.24) is 9.55 Å². The number of halogens is 1. The lowest BCUT2D eigenvalue weighted by Gasteiger charge is -2.27. The van der Waals surface area contributed by atoms with Gasteiger partial charge < -0.3 is 29.4 Å². The van der Waals surface area contributed by atoms with Crippen LogP contribution in [-0.2, 0) is 31.6 Å². The molecule has 1 aliphatic heterocycles. The molecule has 1 aromatic heterocycles. The molecule has 2 rings (SSSR count). The minimum Gasteiger partial charge on any atom is -0.385 e. The van der Waals surface area contributed by atoms with Gasteiger partial charge in [-0.2, -0.15) is 8.62 Å². The van der Waals surface area contributed by atoms with Gasteiger partial charge in [-0.15, -0.1) is 0 Å². The Bertz CT molecular complexity index is 1100. The maximum atomic E-state index is 14.6. The number of aromatic amines is 1. The molecule has 17 nitrogen and oxygen atoms in total. The molecule has 0 bridgehead atoms. The zero-order chi connectivity index (χ0) is 23.8. The third kappa shape index (κ3) is 6.32. The first-order valence-corrected chi connectivity index (χ1v) is 12.1. The Morgan fingerprint density at radius 2 is 1.84 bits per heavy atom. The molecular formula is C10H15FN3O14P3. The predicted molar refractivity (Wildman–Crippen MR) is 94.4 cm³/mol. The zero-order valence-electron chi connectivity index (χ0n) is 14.8. The lowest BCUT2D eigenvalue weighted by molar-refractivity contribution is -0.120. The molecule has 0 saturated carbocycles. The Hall–Kier alpha value is -1.39. The van der Waals surface area contributed by atoms with Crippen LogP contribution in [-0.4, -0.2) is 65.6 Å². The van der Waals surface area contributed by atoms with E-state index in [1.165, 1.54) is 0 Å². The van der Waals surface area contributed by atoms with Gasteiger partial charge in [-0.3, -0.25) is 23.9 Å². The first kappa shape index (κ1) is 25.9. The second-order valence-corrected chi connectivity index (χ2v) is 10.2. The minimum absolute atomic E-state index is 0.521. The summed E-state index contributed by atoms with van der Waals surface area (Å²) in [5, 5.41) is 10.1. The van der Waals surface area contributed by atoms with E-state index < -0.39 is 65.6 Å². The largest absolute Gasteiger partial charge is 0.490 e. The molecule has 1 aromatic rings. The summed E-state index contributed by atoms with van der Waals surface area (Å²) in [6.07, 6.45) is -5.79. The molecule has 176 valence electrons. The standard InChI is InChI=1S/C10H15FN3O14P3/c1-12-10(4-25-30(21,22)28-31(23,24)27-29(18,19)20)7(16)6(11)8(26-10)14-3-2-5(15)13-9(14)17/h2-3,6-8,16H,1,4H2,(H,21,22)(H,23,24)(H,13,15,17)(H2,18,19,20)/t6-,7+,8-,10-/m1/s1. The molecule has 0 aliphatic carbocycles. The number of nitrogens with one attached hydrogen (secondary N) is 1. The van der Waals surface area contributed by atoms with Crippen LogP contribution in [0.5, 0.6) is 0 Å². The Morgan fingerprint density at radius 3 is 2.35 bits per heavy atom. The fourth-order valence-electron chi connectivity index (χ4n) is 2.36. The maximum Gasteiger partial charge on any atom is 0.490 e. The average Bonchev–Trinajstić information content (AvgIpc) is 2.82. The number of nitrogens with zero attached hydrogens (tertiary/aromatic N) is 2. The van der Waals surface area contributed by atoms with Gasteiger partial charge in [0.2, 0.25) is 5.72 Å². The molecule has 21 heteroatoms. The van der Waals surface area contributed by atoms with Gasteiger partial charge in [-0.1, -0.05) is 0 Å². The van der Waals surface area contributed by atoms with Gasteiger partial charge in [-0.25, -0.2) is 22.9 Å². The normalized spacial score (nSPS) is 30.5. The van der Waals surface area contributed by atoms with E-state index in [-0.39, 0.29) is 0 Å². The van der Waals surface area contributed by atoms with Crippen molar-refractivity contribution in [2.75, 3.05) is 6.61 Å². The van der Waals surface area contributed by atoms with Crippen LogP contribution >= 0.6 is 23.5 Å². The third-order valence-corrected chi connectivity index (χ3v) is 7.39. The van der Waals surface area contributed by atoms with Crippen molar-refractivity contribution in [2.45, 2.75) is 24.2 Å². The molecule has 31 heavy (non-hydrogen) atoms. The molecule has 1 fully saturated rings. The number of phosphoric ester groups is 1. The number of alkyl halides is 1. The number of ether oxygens (including phenoxy) is 1. The second kappa shape index (κ2) is 8.86. The third-order valence-electron chi connectivity index (χ3n) is 3.60. The number of hydrogen-bond acceptors (Lipinski definition) is 11. The summed E-state index contributed by atoms with van der Waals surface area (Å²) in [5.41, 5.74) is -4.53. The highest BCUT2D eigenvalue weighted by atomic mass is 31.3.